The molecule has 0 spiro atoms. The van der Waals surface area contributed by atoms with Crippen LogP contribution in [0, 0.1) is 11.3 Å². The van der Waals surface area contributed by atoms with Crippen molar-refractivity contribution in [1.82, 2.24) is 4.90 Å². The first-order chi connectivity index (χ1) is 9.13. The van der Waals surface area contributed by atoms with Crippen molar-refractivity contribution in [1.29, 1.82) is 0 Å². The number of carbonyl (C=O) groups is 2. The van der Waals surface area contributed by atoms with E-state index in [1.165, 1.54) is 11.3 Å². The zero-order valence-corrected chi connectivity index (χ0v) is 11.2. The molecular formula is C13H15NO4S. The quantitative estimate of drug-likeness (QED) is 0.887. The third-order valence-corrected chi connectivity index (χ3v) is 4.83. The number of amides is 1. The predicted octanol–water partition coefficient (Wildman–Crippen LogP) is 1.31. The number of hydrogen-bond donors (Lipinski definition) is 1. The molecular weight excluding hydrogens is 266 g/mol. The van der Waals surface area contributed by atoms with E-state index in [4.69, 9.17) is 4.74 Å². The molecule has 0 aliphatic carbocycles. The van der Waals surface area contributed by atoms with Gasteiger partial charge in [0.1, 0.15) is 5.41 Å². The second kappa shape index (κ2) is 4.61. The van der Waals surface area contributed by atoms with Gasteiger partial charge in [-0.15, -0.1) is 0 Å². The standard InChI is InChI=1S/C13H15NO4S/c15-11(9-2-4-19-6-9)14-5-10-1-3-18-8-13(10,7-14)12(16)17/h2,4,6,10H,1,3,5,7-8H2,(H,16,17)/t10-,13+/m0/s1. The molecule has 0 bridgehead atoms. The first-order valence-electron chi connectivity index (χ1n) is 6.26. The number of ether oxygens (including phenoxy) is 1. The lowest BCUT2D eigenvalue weighted by Crippen LogP contribution is -2.46. The maximum atomic E-state index is 12.3. The van der Waals surface area contributed by atoms with Gasteiger partial charge in [-0.2, -0.15) is 11.3 Å². The van der Waals surface area contributed by atoms with Gasteiger partial charge < -0.3 is 14.7 Å². The number of likely N-dealkylation sites (tertiary alicyclic amines) is 1. The topological polar surface area (TPSA) is 66.8 Å². The number of hydrogen-bond acceptors (Lipinski definition) is 4. The first-order valence-corrected chi connectivity index (χ1v) is 7.20. The van der Waals surface area contributed by atoms with Crippen LogP contribution in [0.4, 0.5) is 0 Å². The third kappa shape index (κ3) is 1.95. The minimum absolute atomic E-state index is 0.00124. The Hall–Kier alpha value is -1.40. The van der Waals surface area contributed by atoms with Crippen LogP contribution in [0.25, 0.3) is 0 Å². The fourth-order valence-corrected chi connectivity index (χ4v) is 3.64. The summed E-state index contributed by atoms with van der Waals surface area (Å²) in [6, 6.07) is 1.78. The molecule has 2 fully saturated rings. The molecule has 2 saturated heterocycles. The number of thiophene rings is 1. The van der Waals surface area contributed by atoms with E-state index >= 15 is 0 Å². The van der Waals surface area contributed by atoms with E-state index < -0.39 is 11.4 Å². The van der Waals surface area contributed by atoms with Gasteiger partial charge in [0.05, 0.1) is 12.2 Å². The second-order valence-electron chi connectivity index (χ2n) is 5.20. The Bertz CT molecular complexity index is 501. The smallest absolute Gasteiger partial charge is 0.314 e. The molecule has 6 heteroatoms. The van der Waals surface area contributed by atoms with Gasteiger partial charge in [-0.3, -0.25) is 9.59 Å². The van der Waals surface area contributed by atoms with Gasteiger partial charge in [0.2, 0.25) is 0 Å². The largest absolute Gasteiger partial charge is 0.481 e. The van der Waals surface area contributed by atoms with Gasteiger partial charge in [0.15, 0.2) is 0 Å². The molecule has 1 aromatic rings. The van der Waals surface area contributed by atoms with Crippen molar-refractivity contribution in [3.8, 4) is 0 Å². The van der Waals surface area contributed by atoms with E-state index in [0.717, 1.165) is 0 Å². The van der Waals surface area contributed by atoms with E-state index in [1.807, 2.05) is 5.38 Å². The van der Waals surface area contributed by atoms with Crippen LogP contribution in [0.3, 0.4) is 0 Å². The average molecular weight is 281 g/mol. The van der Waals surface area contributed by atoms with Gasteiger partial charge in [-0.05, 0) is 23.8 Å². The molecule has 1 amide bonds. The fraction of sp³-hybridized carbons (Fsp3) is 0.538. The van der Waals surface area contributed by atoms with Crippen LogP contribution in [0.15, 0.2) is 16.8 Å². The highest BCUT2D eigenvalue weighted by Crippen LogP contribution is 2.42. The predicted molar refractivity (Wildman–Crippen MR) is 69.2 cm³/mol. The van der Waals surface area contributed by atoms with Gasteiger partial charge in [-0.25, -0.2) is 0 Å². The molecule has 1 aromatic heterocycles. The maximum Gasteiger partial charge on any atom is 0.314 e. The van der Waals surface area contributed by atoms with Crippen molar-refractivity contribution in [2.75, 3.05) is 26.3 Å². The highest BCUT2D eigenvalue weighted by Gasteiger charge is 2.55. The van der Waals surface area contributed by atoms with E-state index in [2.05, 4.69) is 0 Å². The second-order valence-corrected chi connectivity index (χ2v) is 5.98. The highest BCUT2D eigenvalue weighted by atomic mass is 32.1. The van der Waals surface area contributed by atoms with E-state index in [9.17, 15) is 14.7 Å². The van der Waals surface area contributed by atoms with Crippen LogP contribution in [0.2, 0.25) is 0 Å². The van der Waals surface area contributed by atoms with Crippen LogP contribution in [0.5, 0.6) is 0 Å². The number of fused-ring (bicyclic) bond motifs is 1. The Kier molecular flexibility index (Phi) is 3.06. The van der Waals surface area contributed by atoms with Crippen LogP contribution in [-0.4, -0.2) is 48.2 Å². The molecule has 102 valence electrons. The summed E-state index contributed by atoms with van der Waals surface area (Å²) in [7, 11) is 0. The SMILES string of the molecule is O=C(c1ccsc1)N1C[C@@H]2CCOC[C@]2(C(=O)O)C1. The monoisotopic (exact) mass is 281 g/mol. The van der Waals surface area contributed by atoms with E-state index in [0.29, 0.717) is 25.1 Å². The summed E-state index contributed by atoms with van der Waals surface area (Å²) in [6.45, 7) is 1.56. The lowest BCUT2D eigenvalue weighted by molar-refractivity contribution is -0.159. The minimum Gasteiger partial charge on any atom is -0.481 e. The molecule has 2 aliphatic heterocycles. The lowest BCUT2D eigenvalue weighted by Gasteiger charge is -2.33. The van der Waals surface area contributed by atoms with Crippen molar-refractivity contribution < 1.29 is 19.4 Å². The number of carbonyl (C=O) groups excluding carboxylic acids is 1. The highest BCUT2D eigenvalue weighted by molar-refractivity contribution is 7.08. The van der Waals surface area contributed by atoms with Crippen LogP contribution >= 0.6 is 11.3 Å². The summed E-state index contributed by atoms with van der Waals surface area (Å²) in [4.78, 5) is 25.6. The van der Waals surface area contributed by atoms with E-state index in [1.54, 1.807) is 16.3 Å². The zero-order chi connectivity index (χ0) is 13.5. The molecule has 5 nitrogen and oxygen atoms in total. The summed E-state index contributed by atoms with van der Waals surface area (Å²) < 4.78 is 5.35. The minimum atomic E-state index is -0.913. The van der Waals surface area contributed by atoms with Gasteiger partial charge in [-0.1, -0.05) is 0 Å². The summed E-state index contributed by atoms with van der Waals surface area (Å²) in [5, 5.41) is 13.2. The van der Waals surface area contributed by atoms with E-state index in [-0.39, 0.29) is 25.0 Å². The van der Waals surface area contributed by atoms with Gasteiger partial charge >= 0.3 is 5.97 Å². The average Bonchev–Trinajstić information content (AvgIpc) is 3.05. The number of carboxylic acids is 1. The molecule has 3 heterocycles. The molecule has 1 N–H and O–H groups in total. The first kappa shape index (κ1) is 12.6. The Morgan fingerprint density at radius 3 is 3.00 bits per heavy atom. The Morgan fingerprint density at radius 2 is 2.37 bits per heavy atom. The molecule has 19 heavy (non-hydrogen) atoms. The van der Waals surface area contributed by atoms with Crippen molar-refractivity contribution in [2.45, 2.75) is 6.42 Å². The maximum absolute atomic E-state index is 12.3. The van der Waals surface area contributed by atoms with Crippen LogP contribution in [0.1, 0.15) is 16.8 Å². The van der Waals surface area contributed by atoms with Crippen molar-refractivity contribution in [3.63, 3.8) is 0 Å². The van der Waals surface area contributed by atoms with Crippen molar-refractivity contribution in [3.05, 3.63) is 22.4 Å². The lowest BCUT2D eigenvalue weighted by atomic mass is 9.76. The summed E-state index contributed by atoms with van der Waals surface area (Å²) >= 11 is 1.47. The molecule has 2 atom stereocenters. The molecule has 2 aliphatic rings. The summed E-state index contributed by atoms with van der Waals surface area (Å²) in [5.41, 5.74) is -0.269. The van der Waals surface area contributed by atoms with Crippen molar-refractivity contribution in [2.24, 2.45) is 11.3 Å². The molecule has 0 unspecified atom stereocenters. The van der Waals surface area contributed by atoms with Crippen LogP contribution < -0.4 is 0 Å². The Morgan fingerprint density at radius 1 is 1.53 bits per heavy atom. The number of aliphatic carboxylic acids is 1. The van der Waals surface area contributed by atoms with Crippen LogP contribution in [-0.2, 0) is 9.53 Å². The fourth-order valence-electron chi connectivity index (χ4n) is 3.01. The molecule has 0 radical (unpaired) electrons. The molecule has 0 aromatic carbocycles. The summed E-state index contributed by atoms with van der Waals surface area (Å²) in [5.74, 6) is -0.921. The Balaban J connectivity index is 1.84. The Labute approximate surface area is 114 Å². The third-order valence-electron chi connectivity index (χ3n) is 4.15. The number of rotatable bonds is 2. The van der Waals surface area contributed by atoms with Gasteiger partial charge in [0.25, 0.3) is 5.91 Å². The molecule has 3 rings (SSSR count). The number of carboxylic acid groups (broad SMARTS) is 1. The van der Waals surface area contributed by atoms with Gasteiger partial charge in [0, 0.05) is 25.1 Å². The zero-order valence-electron chi connectivity index (χ0n) is 10.4. The molecule has 0 saturated carbocycles. The van der Waals surface area contributed by atoms with Crippen molar-refractivity contribution >= 4 is 23.2 Å². The number of nitrogens with zero attached hydrogens (tertiary/aromatic N) is 1. The normalized spacial score (nSPS) is 30.1. The summed E-state index contributed by atoms with van der Waals surface area (Å²) in [6.07, 6.45) is 0.708.